The maximum atomic E-state index is 6.17. The van der Waals surface area contributed by atoms with E-state index >= 15 is 0 Å². The molecule has 2 aromatic rings. The van der Waals surface area contributed by atoms with Crippen LogP contribution >= 0.6 is 35.6 Å². The third-order valence-corrected chi connectivity index (χ3v) is 4.47. The molecule has 3 rings (SSSR count). The number of benzene rings is 1. The van der Waals surface area contributed by atoms with Crippen molar-refractivity contribution in [2.24, 2.45) is 10.7 Å². The van der Waals surface area contributed by atoms with Gasteiger partial charge < -0.3 is 15.5 Å². The minimum absolute atomic E-state index is 0. The van der Waals surface area contributed by atoms with Gasteiger partial charge in [-0.1, -0.05) is 11.6 Å². The third-order valence-electron chi connectivity index (χ3n) is 4.22. The van der Waals surface area contributed by atoms with Gasteiger partial charge in [-0.05, 0) is 44.2 Å². The number of piperazine rings is 1. The van der Waals surface area contributed by atoms with Gasteiger partial charge in [-0.2, -0.15) is 0 Å². The zero-order valence-electron chi connectivity index (χ0n) is 15.0. The first-order chi connectivity index (χ1) is 12.0. The van der Waals surface area contributed by atoms with E-state index in [1.807, 2.05) is 32.0 Å². The van der Waals surface area contributed by atoms with Gasteiger partial charge in [0.15, 0.2) is 5.96 Å². The molecule has 140 valence electrons. The molecule has 2 N–H and O–H groups in total. The van der Waals surface area contributed by atoms with Crippen molar-refractivity contribution in [3.05, 3.63) is 52.6 Å². The Labute approximate surface area is 176 Å². The van der Waals surface area contributed by atoms with Crippen molar-refractivity contribution in [1.29, 1.82) is 0 Å². The van der Waals surface area contributed by atoms with E-state index < -0.39 is 0 Å². The summed E-state index contributed by atoms with van der Waals surface area (Å²) in [6.07, 6.45) is 0. The maximum absolute atomic E-state index is 6.17. The fraction of sp³-hybridized carbons (Fsp3) is 0.389. The molecule has 26 heavy (non-hydrogen) atoms. The Hall–Kier alpha value is -1.61. The first-order valence-electron chi connectivity index (χ1n) is 8.38. The number of hydrogen-bond acceptors (Lipinski definition) is 4. The van der Waals surface area contributed by atoms with E-state index in [2.05, 4.69) is 36.9 Å². The summed E-state index contributed by atoms with van der Waals surface area (Å²) in [7, 11) is 0. The highest BCUT2D eigenvalue weighted by Gasteiger charge is 2.18. The standard InChI is InChI=1S/C18H23ClN6.HI/c1-13-11-16(23-14(2)22-13)12-21-18(20)25-9-7-24(8-10-25)17-5-3-15(19)4-6-17;/h3-6,11H,7-10,12H2,1-2H3,(H2,20,21);1H. The minimum Gasteiger partial charge on any atom is -0.370 e. The SMILES string of the molecule is Cc1cc(CN=C(N)N2CCN(c3ccc(Cl)cc3)CC2)nc(C)n1.I. The molecule has 0 radical (unpaired) electrons. The second-order valence-electron chi connectivity index (χ2n) is 6.17. The monoisotopic (exact) mass is 486 g/mol. The number of guanidine groups is 1. The summed E-state index contributed by atoms with van der Waals surface area (Å²) in [5.41, 5.74) is 9.21. The van der Waals surface area contributed by atoms with E-state index in [0.29, 0.717) is 12.5 Å². The van der Waals surface area contributed by atoms with Crippen LogP contribution in [-0.2, 0) is 6.54 Å². The van der Waals surface area contributed by atoms with Crippen molar-refractivity contribution in [2.45, 2.75) is 20.4 Å². The summed E-state index contributed by atoms with van der Waals surface area (Å²) in [4.78, 5) is 17.6. The van der Waals surface area contributed by atoms with Crippen LogP contribution in [0.25, 0.3) is 0 Å². The molecule has 0 aliphatic carbocycles. The van der Waals surface area contributed by atoms with Crippen LogP contribution in [0.15, 0.2) is 35.3 Å². The molecule has 0 amide bonds. The fourth-order valence-corrected chi connectivity index (χ4v) is 3.11. The fourth-order valence-electron chi connectivity index (χ4n) is 2.98. The Morgan fingerprint density at radius 1 is 1.12 bits per heavy atom. The van der Waals surface area contributed by atoms with Crippen LogP contribution in [0.2, 0.25) is 5.02 Å². The van der Waals surface area contributed by atoms with E-state index in [-0.39, 0.29) is 24.0 Å². The predicted octanol–water partition coefficient (Wildman–Crippen LogP) is 3.00. The lowest BCUT2D eigenvalue weighted by Crippen LogP contribution is -2.51. The van der Waals surface area contributed by atoms with Crippen molar-refractivity contribution in [1.82, 2.24) is 14.9 Å². The molecule has 1 aromatic heterocycles. The number of rotatable bonds is 3. The molecule has 0 saturated carbocycles. The van der Waals surface area contributed by atoms with Gasteiger partial charge in [0.05, 0.1) is 12.2 Å². The van der Waals surface area contributed by atoms with E-state index in [1.165, 1.54) is 5.69 Å². The third kappa shape index (κ3) is 5.44. The largest absolute Gasteiger partial charge is 0.370 e. The van der Waals surface area contributed by atoms with Crippen LogP contribution in [-0.4, -0.2) is 47.0 Å². The summed E-state index contributed by atoms with van der Waals surface area (Å²) in [5.74, 6) is 1.34. The second kappa shape index (κ2) is 9.36. The molecule has 0 atom stereocenters. The zero-order chi connectivity index (χ0) is 17.8. The molecule has 2 heterocycles. The van der Waals surface area contributed by atoms with Crippen LogP contribution in [0.3, 0.4) is 0 Å². The Morgan fingerprint density at radius 3 is 2.38 bits per heavy atom. The summed E-state index contributed by atoms with van der Waals surface area (Å²) < 4.78 is 0. The first-order valence-corrected chi connectivity index (χ1v) is 8.75. The van der Waals surface area contributed by atoms with Gasteiger partial charge >= 0.3 is 0 Å². The summed E-state index contributed by atoms with van der Waals surface area (Å²) in [5, 5.41) is 0.758. The van der Waals surface area contributed by atoms with Crippen molar-refractivity contribution in [2.75, 3.05) is 31.1 Å². The number of halogens is 2. The number of anilines is 1. The highest BCUT2D eigenvalue weighted by molar-refractivity contribution is 14.0. The first kappa shape index (κ1) is 20.7. The number of aliphatic imine (C=N–C) groups is 1. The van der Waals surface area contributed by atoms with Crippen LogP contribution in [0.4, 0.5) is 5.69 Å². The van der Waals surface area contributed by atoms with E-state index in [0.717, 1.165) is 48.4 Å². The summed E-state index contributed by atoms with van der Waals surface area (Å²) in [6.45, 7) is 7.83. The summed E-state index contributed by atoms with van der Waals surface area (Å²) in [6, 6.07) is 9.89. The van der Waals surface area contributed by atoms with Crippen LogP contribution < -0.4 is 10.6 Å². The normalized spacial score (nSPS) is 15.0. The minimum atomic E-state index is 0. The molecule has 0 unspecified atom stereocenters. The Kier molecular flexibility index (Phi) is 7.45. The van der Waals surface area contributed by atoms with Gasteiger partial charge in [0, 0.05) is 42.6 Å². The highest BCUT2D eigenvalue weighted by atomic mass is 127. The summed E-state index contributed by atoms with van der Waals surface area (Å²) >= 11 is 5.95. The number of aryl methyl sites for hydroxylation is 2. The lowest BCUT2D eigenvalue weighted by atomic mass is 10.2. The van der Waals surface area contributed by atoms with Crippen LogP contribution in [0, 0.1) is 13.8 Å². The Morgan fingerprint density at radius 2 is 1.77 bits per heavy atom. The van der Waals surface area contributed by atoms with E-state index in [9.17, 15) is 0 Å². The Balaban J connectivity index is 0.00000243. The maximum Gasteiger partial charge on any atom is 0.191 e. The molecule has 6 nitrogen and oxygen atoms in total. The topological polar surface area (TPSA) is 70.6 Å². The lowest BCUT2D eigenvalue weighted by molar-refractivity contribution is 0.380. The van der Waals surface area contributed by atoms with Gasteiger partial charge in [-0.15, -0.1) is 24.0 Å². The molecule has 1 aromatic carbocycles. The van der Waals surface area contributed by atoms with Crippen LogP contribution in [0.1, 0.15) is 17.2 Å². The zero-order valence-corrected chi connectivity index (χ0v) is 18.1. The van der Waals surface area contributed by atoms with Crippen molar-refractivity contribution in [3.8, 4) is 0 Å². The molecule has 1 fully saturated rings. The molecule has 8 heteroatoms. The quantitative estimate of drug-likeness (QED) is 0.410. The van der Waals surface area contributed by atoms with Gasteiger partial charge in [-0.25, -0.2) is 15.0 Å². The molecular weight excluding hydrogens is 463 g/mol. The molecular formula is C18H24ClIN6. The molecule has 1 aliphatic rings. The second-order valence-corrected chi connectivity index (χ2v) is 6.61. The predicted molar refractivity (Wildman–Crippen MR) is 117 cm³/mol. The van der Waals surface area contributed by atoms with Gasteiger partial charge in [0.25, 0.3) is 0 Å². The van der Waals surface area contributed by atoms with E-state index in [4.69, 9.17) is 17.3 Å². The molecule has 1 saturated heterocycles. The van der Waals surface area contributed by atoms with Gasteiger partial charge in [0.1, 0.15) is 5.82 Å². The van der Waals surface area contributed by atoms with Crippen molar-refractivity contribution >= 4 is 47.2 Å². The smallest absolute Gasteiger partial charge is 0.191 e. The van der Waals surface area contributed by atoms with Gasteiger partial charge in [0.2, 0.25) is 0 Å². The van der Waals surface area contributed by atoms with Crippen molar-refractivity contribution < 1.29 is 0 Å². The molecule has 0 bridgehead atoms. The lowest BCUT2D eigenvalue weighted by Gasteiger charge is -2.36. The number of hydrogen-bond donors (Lipinski definition) is 1. The number of nitrogens with zero attached hydrogens (tertiary/aromatic N) is 5. The number of nitrogens with two attached hydrogens (primary N) is 1. The van der Waals surface area contributed by atoms with Gasteiger partial charge in [-0.3, -0.25) is 0 Å². The van der Waals surface area contributed by atoms with E-state index in [1.54, 1.807) is 0 Å². The average molecular weight is 487 g/mol. The Bertz CT molecular complexity index is 737. The van der Waals surface area contributed by atoms with Crippen molar-refractivity contribution in [3.63, 3.8) is 0 Å². The molecule has 1 aliphatic heterocycles. The van der Waals surface area contributed by atoms with Crippen LogP contribution in [0.5, 0.6) is 0 Å². The number of aromatic nitrogens is 2. The average Bonchev–Trinajstić information content (AvgIpc) is 2.60. The molecule has 0 spiro atoms. The highest BCUT2D eigenvalue weighted by Crippen LogP contribution is 2.19.